The zero-order valence-corrected chi connectivity index (χ0v) is 9.79. The third-order valence-corrected chi connectivity index (χ3v) is 2.21. The summed E-state index contributed by atoms with van der Waals surface area (Å²) >= 11 is 11.7. The minimum Gasteiger partial charge on any atom is -0.488 e. The zero-order valence-electron chi connectivity index (χ0n) is 8.28. The molecule has 0 saturated carbocycles. The van der Waals surface area contributed by atoms with Crippen molar-refractivity contribution in [2.75, 3.05) is 19.8 Å². The van der Waals surface area contributed by atoms with E-state index in [1.54, 1.807) is 18.2 Å². The standard InChI is InChI=1S/C10H10Cl2O4/c11-7-2-1-3-8(12)10(7)16-5-4-15-6-9(13)14/h1-3H,4-6H2,(H,13,14). The third-order valence-electron chi connectivity index (χ3n) is 1.62. The van der Waals surface area contributed by atoms with Gasteiger partial charge in [0.25, 0.3) is 0 Å². The van der Waals surface area contributed by atoms with Crippen molar-refractivity contribution in [1.29, 1.82) is 0 Å². The van der Waals surface area contributed by atoms with Crippen molar-refractivity contribution in [3.63, 3.8) is 0 Å². The number of para-hydroxylation sites is 1. The quantitative estimate of drug-likeness (QED) is 0.803. The van der Waals surface area contributed by atoms with E-state index in [4.69, 9.17) is 37.8 Å². The molecule has 88 valence electrons. The minimum absolute atomic E-state index is 0.161. The molecule has 0 aromatic heterocycles. The first-order valence-electron chi connectivity index (χ1n) is 4.47. The molecule has 0 aliphatic heterocycles. The second kappa shape index (κ2) is 6.58. The molecular formula is C10H10Cl2O4. The van der Waals surface area contributed by atoms with Crippen molar-refractivity contribution < 1.29 is 19.4 Å². The average Bonchev–Trinajstić information content (AvgIpc) is 2.21. The van der Waals surface area contributed by atoms with Crippen molar-refractivity contribution >= 4 is 29.2 Å². The molecule has 1 aromatic rings. The lowest BCUT2D eigenvalue weighted by atomic mass is 10.3. The molecule has 1 aromatic carbocycles. The van der Waals surface area contributed by atoms with Crippen LogP contribution in [0.4, 0.5) is 0 Å². The highest BCUT2D eigenvalue weighted by Crippen LogP contribution is 2.32. The molecule has 1 N–H and O–H groups in total. The molecule has 0 amide bonds. The summed E-state index contributed by atoms with van der Waals surface area (Å²) in [7, 11) is 0. The lowest BCUT2D eigenvalue weighted by molar-refractivity contribution is -0.142. The van der Waals surface area contributed by atoms with E-state index in [-0.39, 0.29) is 19.8 Å². The van der Waals surface area contributed by atoms with Gasteiger partial charge in [0.1, 0.15) is 13.2 Å². The maximum atomic E-state index is 10.1. The summed E-state index contributed by atoms with van der Waals surface area (Å²) in [5.74, 6) is -0.638. The average molecular weight is 265 g/mol. The Morgan fingerprint density at radius 3 is 2.44 bits per heavy atom. The number of carboxylic acids is 1. The molecular weight excluding hydrogens is 255 g/mol. The van der Waals surface area contributed by atoms with E-state index in [0.717, 1.165) is 0 Å². The van der Waals surface area contributed by atoms with Crippen LogP contribution in [0, 0.1) is 0 Å². The molecule has 0 bridgehead atoms. The van der Waals surface area contributed by atoms with E-state index in [0.29, 0.717) is 15.8 Å². The van der Waals surface area contributed by atoms with Crippen LogP contribution in [0.15, 0.2) is 18.2 Å². The highest BCUT2D eigenvalue weighted by atomic mass is 35.5. The molecule has 0 saturated heterocycles. The number of benzene rings is 1. The molecule has 0 radical (unpaired) electrons. The molecule has 0 atom stereocenters. The molecule has 0 aliphatic carbocycles. The molecule has 6 heteroatoms. The van der Waals surface area contributed by atoms with Crippen LogP contribution in [0.3, 0.4) is 0 Å². The van der Waals surface area contributed by atoms with E-state index in [9.17, 15) is 4.79 Å². The Bertz CT molecular complexity index is 348. The molecule has 0 fully saturated rings. The molecule has 0 unspecified atom stereocenters. The molecule has 16 heavy (non-hydrogen) atoms. The number of hydrogen-bond donors (Lipinski definition) is 1. The largest absolute Gasteiger partial charge is 0.488 e. The summed E-state index contributed by atoms with van der Waals surface area (Å²) in [6, 6.07) is 5.01. The van der Waals surface area contributed by atoms with Gasteiger partial charge in [-0.25, -0.2) is 4.79 Å². The van der Waals surface area contributed by atoms with E-state index < -0.39 is 5.97 Å². The molecule has 0 aliphatic rings. The summed E-state index contributed by atoms with van der Waals surface area (Å²) in [4.78, 5) is 10.1. The van der Waals surface area contributed by atoms with Gasteiger partial charge < -0.3 is 14.6 Å². The summed E-state index contributed by atoms with van der Waals surface area (Å²) in [6.45, 7) is 0.00417. The van der Waals surface area contributed by atoms with E-state index >= 15 is 0 Å². The summed E-state index contributed by atoms with van der Waals surface area (Å²) < 4.78 is 10.1. The van der Waals surface area contributed by atoms with Gasteiger partial charge in [0.2, 0.25) is 0 Å². The monoisotopic (exact) mass is 264 g/mol. The summed E-state index contributed by atoms with van der Waals surface area (Å²) in [5, 5.41) is 9.13. The van der Waals surface area contributed by atoms with Gasteiger partial charge in [-0.1, -0.05) is 29.3 Å². The van der Waals surface area contributed by atoms with Crippen molar-refractivity contribution in [3.8, 4) is 5.75 Å². The maximum Gasteiger partial charge on any atom is 0.329 e. The van der Waals surface area contributed by atoms with Gasteiger partial charge in [0, 0.05) is 0 Å². The van der Waals surface area contributed by atoms with E-state index in [2.05, 4.69) is 0 Å². The number of halogens is 2. The Morgan fingerprint density at radius 1 is 1.25 bits per heavy atom. The Labute approximate surface area is 103 Å². The van der Waals surface area contributed by atoms with Gasteiger partial charge in [-0.15, -0.1) is 0 Å². The van der Waals surface area contributed by atoms with Gasteiger partial charge in [0.15, 0.2) is 5.75 Å². The summed E-state index contributed by atoms with van der Waals surface area (Å²) in [5.41, 5.74) is 0. The molecule has 0 heterocycles. The highest BCUT2D eigenvalue weighted by molar-refractivity contribution is 6.37. The summed E-state index contributed by atoms with van der Waals surface area (Å²) in [6.07, 6.45) is 0. The van der Waals surface area contributed by atoms with Crippen LogP contribution in [0.1, 0.15) is 0 Å². The molecule has 4 nitrogen and oxygen atoms in total. The van der Waals surface area contributed by atoms with Gasteiger partial charge in [-0.2, -0.15) is 0 Å². The number of carbonyl (C=O) groups is 1. The van der Waals surface area contributed by atoms with Crippen LogP contribution in [-0.4, -0.2) is 30.9 Å². The Hall–Kier alpha value is -0.970. The fourth-order valence-corrected chi connectivity index (χ4v) is 1.49. The van der Waals surface area contributed by atoms with Crippen LogP contribution in [0.2, 0.25) is 10.0 Å². The van der Waals surface area contributed by atoms with Gasteiger partial charge >= 0.3 is 5.97 Å². The molecule has 1 rings (SSSR count). The van der Waals surface area contributed by atoms with Crippen molar-refractivity contribution in [3.05, 3.63) is 28.2 Å². The number of aliphatic carboxylic acids is 1. The minimum atomic E-state index is -1.02. The normalized spacial score (nSPS) is 10.1. The Morgan fingerprint density at radius 2 is 1.88 bits per heavy atom. The fourth-order valence-electron chi connectivity index (χ4n) is 0.983. The van der Waals surface area contributed by atoms with Crippen molar-refractivity contribution in [2.45, 2.75) is 0 Å². The maximum absolute atomic E-state index is 10.1. The van der Waals surface area contributed by atoms with E-state index in [1.165, 1.54) is 0 Å². The first kappa shape index (κ1) is 13.1. The Balaban J connectivity index is 2.34. The SMILES string of the molecule is O=C(O)COCCOc1c(Cl)cccc1Cl. The number of carboxylic acid groups (broad SMARTS) is 1. The lowest BCUT2D eigenvalue weighted by Crippen LogP contribution is -2.12. The number of rotatable bonds is 6. The van der Waals surface area contributed by atoms with Gasteiger partial charge in [0.05, 0.1) is 16.7 Å². The van der Waals surface area contributed by atoms with Gasteiger partial charge in [-0.3, -0.25) is 0 Å². The van der Waals surface area contributed by atoms with Crippen LogP contribution >= 0.6 is 23.2 Å². The third kappa shape index (κ3) is 4.26. The lowest BCUT2D eigenvalue weighted by Gasteiger charge is -2.09. The van der Waals surface area contributed by atoms with Crippen LogP contribution < -0.4 is 4.74 Å². The van der Waals surface area contributed by atoms with Crippen LogP contribution in [0.5, 0.6) is 5.75 Å². The van der Waals surface area contributed by atoms with Gasteiger partial charge in [-0.05, 0) is 12.1 Å². The Kier molecular flexibility index (Phi) is 5.38. The molecule has 0 spiro atoms. The smallest absolute Gasteiger partial charge is 0.329 e. The van der Waals surface area contributed by atoms with Crippen molar-refractivity contribution in [2.24, 2.45) is 0 Å². The first-order chi connectivity index (χ1) is 7.61. The fraction of sp³-hybridized carbons (Fsp3) is 0.300. The number of hydrogen-bond acceptors (Lipinski definition) is 3. The van der Waals surface area contributed by atoms with Crippen LogP contribution in [-0.2, 0) is 9.53 Å². The van der Waals surface area contributed by atoms with Crippen molar-refractivity contribution in [1.82, 2.24) is 0 Å². The second-order valence-corrected chi connectivity index (χ2v) is 3.66. The zero-order chi connectivity index (χ0) is 12.0. The van der Waals surface area contributed by atoms with Crippen LogP contribution in [0.25, 0.3) is 0 Å². The second-order valence-electron chi connectivity index (χ2n) is 2.85. The number of ether oxygens (including phenoxy) is 2. The highest BCUT2D eigenvalue weighted by Gasteiger charge is 2.06. The predicted molar refractivity (Wildman–Crippen MR) is 60.4 cm³/mol. The van der Waals surface area contributed by atoms with E-state index in [1.807, 2.05) is 0 Å². The predicted octanol–water partition coefficient (Wildman–Crippen LogP) is 2.47. The topological polar surface area (TPSA) is 55.8 Å². The first-order valence-corrected chi connectivity index (χ1v) is 5.23.